The van der Waals surface area contributed by atoms with Crippen LogP contribution in [0.25, 0.3) is 0 Å². The Balaban J connectivity index is 1.45. The zero-order valence-corrected chi connectivity index (χ0v) is 15.9. The van der Waals surface area contributed by atoms with Crippen molar-refractivity contribution in [2.45, 2.75) is 39.7 Å². The summed E-state index contributed by atoms with van der Waals surface area (Å²) >= 11 is 0. The highest BCUT2D eigenvalue weighted by Gasteiger charge is 2.41. The van der Waals surface area contributed by atoms with Crippen LogP contribution in [0.2, 0.25) is 0 Å². The number of nitrogens with zero attached hydrogens (tertiary/aromatic N) is 4. The Morgan fingerprint density at radius 2 is 1.96 bits per heavy atom. The van der Waals surface area contributed by atoms with E-state index in [0.717, 1.165) is 31.1 Å². The zero-order chi connectivity index (χ0) is 18.1. The van der Waals surface area contributed by atoms with Crippen molar-refractivity contribution in [1.82, 2.24) is 14.9 Å². The van der Waals surface area contributed by atoms with Crippen molar-refractivity contribution in [2.75, 3.05) is 36.8 Å². The molecule has 2 aromatic rings. The van der Waals surface area contributed by atoms with Crippen LogP contribution in [-0.4, -0.2) is 41.0 Å². The van der Waals surface area contributed by atoms with Crippen molar-refractivity contribution in [3.63, 3.8) is 0 Å². The highest BCUT2D eigenvalue weighted by molar-refractivity contribution is 5.45. The summed E-state index contributed by atoms with van der Waals surface area (Å²) in [5.41, 5.74) is 9.96. The molecule has 2 N–H and O–H groups in total. The molecule has 2 fully saturated rings. The van der Waals surface area contributed by atoms with Crippen LogP contribution in [0.5, 0.6) is 0 Å². The summed E-state index contributed by atoms with van der Waals surface area (Å²) in [4.78, 5) is 13.7. The van der Waals surface area contributed by atoms with E-state index in [1.807, 2.05) is 6.92 Å². The van der Waals surface area contributed by atoms with Gasteiger partial charge in [-0.2, -0.15) is 4.98 Å². The second-order valence-electron chi connectivity index (χ2n) is 8.20. The van der Waals surface area contributed by atoms with Crippen molar-refractivity contribution in [3.8, 4) is 0 Å². The molecule has 2 aliphatic rings. The van der Waals surface area contributed by atoms with Crippen LogP contribution in [0.1, 0.15) is 36.1 Å². The van der Waals surface area contributed by atoms with Crippen molar-refractivity contribution >= 4 is 11.8 Å². The molecule has 0 saturated carbocycles. The van der Waals surface area contributed by atoms with Gasteiger partial charge >= 0.3 is 0 Å². The number of piperidine rings is 1. The Bertz CT molecular complexity index is 769. The topological polar surface area (TPSA) is 58.3 Å². The highest BCUT2D eigenvalue weighted by Crippen LogP contribution is 2.40. The van der Waals surface area contributed by atoms with E-state index < -0.39 is 0 Å². The fourth-order valence-corrected chi connectivity index (χ4v) is 4.71. The summed E-state index contributed by atoms with van der Waals surface area (Å²) in [6.45, 7) is 9.74. The van der Waals surface area contributed by atoms with E-state index in [1.54, 1.807) is 0 Å². The maximum absolute atomic E-state index is 5.86. The Morgan fingerprint density at radius 1 is 1.08 bits per heavy atom. The molecular formula is C21H29N5. The first-order valence-corrected chi connectivity index (χ1v) is 9.65. The van der Waals surface area contributed by atoms with E-state index in [1.165, 1.54) is 43.5 Å². The molecule has 4 rings (SSSR count). The number of nitrogens with two attached hydrogens (primary N) is 1. The van der Waals surface area contributed by atoms with Gasteiger partial charge in [-0.15, -0.1) is 0 Å². The van der Waals surface area contributed by atoms with E-state index in [9.17, 15) is 0 Å². The first-order chi connectivity index (χ1) is 12.5. The van der Waals surface area contributed by atoms with E-state index in [0.29, 0.717) is 11.4 Å². The maximum Gasteiger partial charge on any atom is 0.222 e. The number of rotatable bonds is 3. The summed E-state index contributed by atoms with van der Waals surface area (Å²) in [6.07, 6.45) is 3.83. The smallest absolute Gasteiger partial charge is 0.222 e. The maximum atomic E-state index is 5.86. The normalized spacial score (nSPS) is 23.7. The Morgan fingerprint density at radius 3 is 2.77 bits per heavy atom. The summed E-state index contributed by atoms with van der Waals surface area (Å²) in [5, 5.41) is 0. The number of aryl methyl sites for hydroxylation is 2. The molecule has 5 heteroatoms. The lowest BCUT2D eigenvalue weighted by Crippen LogP contribution is -2.44. The van der Waals surface area contributed by atoms with Gasteiger partial charge in [0.2, 0.25) is 5.95 Å². The average molecular weight is 351 g/mol. The van der Waals surface area contributed by atoms with Gasteiger partial charge in [-0.1, -0.05) is 29.8 Å². The van der Waals surface area contributed by atoms with Gasteiger partial charge in [0.15, 0.2) is 0 Å². The lowest BCUT2D eigenvalue weighted by molar-refractivity contribution is 0.0991. The van der Waals surface area contributed by atoms with Crippen LogP contribution >= 0.6 is 0 Å². The lowest BCUT2D eigenvalue weighted by Gasteiger charge is -2.40. The van der Waals surface area contributed by atoms with Gasteiger partial charge in [0, 0.05) is 43.4 Å². The molecule has 26 heavy (non-hydrogen) atoms. The summed E-state index contributed by atoms with van der Waals surface area (Å²) in [6, 6.07) is 11.0. The molecular weight excluding hydrogens is 322 g/mol. The standard InChI is InChI=1S/C21H29N5/c1-16-5-3-6-18(11-16)13-25-9-4-7-21(14-25)8-10-26(15-21)19-12-17(2)23-20(22)24-19/h3,5-6,11-12H,4,7-10,13-15H2,1-2H3,(H2,22,23,24)/t21-/m1/s1. The van der Waals surface area contributed by atoms with Crippen molar-refractivity contribution in [3.05, 3.63) is 47.2 Å². The Labute approximate surface area is 156 Å². The van der Waals surface area contributed by atoms with E-state index >= 15 is 0 Å². The molecule has 1 aromatic heterocycles. The SMILES string of the molecule is Cc1cccc(CN2CCC[C@@]3(CCN(c4cc(C)nc(N)n4)C3)C2)c1. The fourth-order valence-electron chi connectivity index (χ4n) is 4.71. The number of likely N-dealkylation sites (tertiary alicyclic amines) is 1. The molecule has 2 aliphatic heterocycles. The summed E-state index contributed by atoms with van der Waals surface area (Å²) in [5.74, 6) is 1.37. The van der Waals surface area contributed by atoms with Gasteiger partial charge in [-0.3, -0.25) is 4.90 Å². The summed E-state index contributed by atoms with van der Waals surface area (Å²) in [7, 11) is 0. The van der Waals surface area contributed by atoms with E-state index in [2.05, 4.69) is 57.0 Å². The van der Waals surface area contributed by atoms with Gasteiger partial charge in [0.25, 0.3) is 0 Å². The number of benzene rings is 1. The number of anilines is 2. The lowest BCUT2D eigenvalue weighted by atomic mass is 9.79. The third-order valence-corrected chi connectivity index (χ3v) is 5.85. The van der Waals surface area contributed by atoms with Gasteiger partial charge in [0.05, 0.1) is 0 Å². The van der Waals surface area contributed by atoms with Crippen LogP contribution in [0.4, 0.5) is 11.8 Å². The number of nitrogen functional groups attached to an aromatic ring is 1. The van der Waals surface area contributed by atoms with Crippen LogP contribution in [0.3, 0.4) is 0 Å². The van der Waals surface area contributed by atoms with E-state index in [4.69, 9.17) is 5.73 Å². The molecule has 1 aromatic carbocycles. The molecule has 3 heterocycles. The van der Waals surface area contributed by atoms with Crippen LogP contribution in [0.15, 0.2) is 30.3 Å². The Kier molecular flexibility index (Phi) is 4.57. The number of hydrogen-bond donors (Lipinski definition) is 1. The minimum atomic E-state index is 0.380. The molecule has 138 valence electrons. The minimum Gasteiger partial charge on any atom is -0.368 e. The van der Waals surface area contributed by atoms with Gasteiger partial charge in [-0.05, 0) is 45.2 Å². The molecule has 1 spiro atoms. The predicted molar refractivity (Wildman–Crippen MR) is 106 cm³/mol. The van der Waals surface area contributed by atoms with Crippen LogP contribution < -0.4 is 10.6 Å². The molecule has 0 bridgehead atoms. The fraction of sp³-hybridized carbons (Fsp3) is 0.524. The van der Waals surface area contributed by atoms with Crippen LogP contribution in [-0.2, 0) is 6.54 Å². The molecule has 0 amide bonds. The molecule has 5 nitrogen and oxygen atoms in total. The van der Waals surface area contributed by atoms with Gasteiger partial charge in [-0.25, -0.2) is 4.98 Å². The molecule has 1 atom stereocenters. The largest absolute Gasteiger partial charge is 0.368 e. The van der Waals surface area contributed by atoms with E-state index in [-0.39, 0.29) is 0 Å². The quantitative estimate of drug-likeness (QED) is 0.920. The second-order valence-corrected chi connectivity index (χ2v) is 8.20. The van der Waals surface area contributed by atoms with Crippen LogP contribution in [0, 0.1) is 19.3 Å². The first kappa shape index (κ1) is 17.3. The molecule has 0 unspecified atom stereocenters. The third-order valence-electron chi connectivity index (χ3n) is 5.85. The van der Waals surface area contributed by atoms with Crippen molar-refractivity contribution < 1.29 is 0 Å². The Hall–Kier alpha value is -2.14. The number of hydrogen-bond acceptors (Lipinski definition) is 5. The zero-order valence-electron chi connectivity index (χ0n) is 15.9. The third kappa shape index (κ3) is 3.68. The average Bonchev–Trinajstić information content (AvgIpc) is 2.97. The second kappa shape index (κ2) is 6.88. The number of aromatic nitrogens is 2. The van der Waals surface area contributed by atoms with Crippen molar-refractivity contribution in [1.29, 1.82) is 0 Å². The molecule has 2 saturated heterocycles. The molecule has 0 radical (unpaired) electrons. The van der Waals surface area contributed by atoms with Gasteiger partial charge < -0.3 is 10.6 Å². The minimum absolute atomic E-state index is 0.380. The summed E-state index contributed by atoms with van der Waals surface area (Å²) < 4.78 is 0. The monoisotopic (exact) mass is 351 g/mol. The van der Waals surface area contributed by atoms with Gasteiger partial charge in [0.1, 0.15) is 5.82 Å². The van der Waals surface area contributed by atoms with Crippen molar-refractivity contribution in [2.24, 2.45) is 5.41 Å². The molecule has 0 aliphatic carbocycles. The highest BCUT2D eigenvalue weighted by atomic mass is 15.3. The predicted octanol–water partition coefficient (Wildman–Crippen LogP) is 3.17. The first-order valence-electron chi connectivity index (χ1n) is 9.65.